The third-order valence-electron chi connectivity index (χ3n) is 2.24. The minimum Gasteiger partial charge on any atom is -0.372 e. The van der Waals surface area contributed by atoms with Crippen molar-refractivity contribution in [3.63, 3.8) is 0 Å². The average molecular weight is 242 g/mol. The van der Waals surface area contributed by atoms with Crippen LogP contribution < -0.4 is 11.1 Å². The van der Waals surface area contributed by atoms with E-state index in [0.29, 0.717) is 0 Å². The largest absolute Gasteiger partial charge is 0.372 e. The molecule has 2 atom stereocenters. The smallest absolute Gasteiger partial charge is 0.224 e. The van der Waals surface area contributed by atoms with Crippen LogP contribution in [0.4, 0.5) is 5.69 Å². The van der Waals surface area contributed by atoms with Crippen molar-refractivity contribution in [3.05, 3.63) is 29.8 Å². The van der Waals surface area contributed by atoms with Crippen molar-refractivity contribution in [1.29, 1.82) is 0 Å². The summed E-state index contributed by atoms with van der Waals surface area (Å²) >= 11 is -1.87. The highest BCUT2D eigenvalue weighted by molar-refractivity contribution is 7.79. The van der Waals surface area contributed by atoms with Crippen LogP contribution in [0, 0.1) is 0 Å². The molecule has 1 amide bonds. The van der Waals surface area contributed by atoms with Crippen LogP contribution >= 0.6 is 0 Å². The topological polar surface area (TPSA) is 92.4 Å². The third-order valence-corrected chi connectivity index (χ3v) is 2.63. The highest BCUT2D eigenvalue weighted by Crippen LogP contribution is 2.17. The number of nitrogens with one attached hydrogen (secondary N) is 1. The molecule has 0 aromatic heterocycles. The predicted molar refractivity (Wildman–Crippen MR) is 63.3 cm³/mol. The second-order valence-electron chi connectivity index (χ2n) is 3.39. The van der Waals surface area contributed by atoms with Crippen molar-refractivity contribution >= 4 is 22.7 Å². The Labute approximate surface area is 96.3 Å². The van der Waals surface area contributed by atoms with E-state index < -0.39 is 11.1 Å². The first kappa shape index (κ1) is 12.7. The molecule has 88 valence electrons. The van der Waals surface area contributed by atoms with E-state index in [4.69, 9.17) is 10.3 Å². The molecule has 0 spiro atoms. The Kier molecular flexibility index (Phi) is 4.45. The maximum Gasteiger partial charge on any atom is 0.224 e. The van der Waals surface area contributed by atoms with Crippen molar-refractivity contribution < 1.29 is 13.6 Å². The van der Waals surface area contributed by atoms with Gasteiger partial charge in [-0.15, -0.1) is 0 Å². The molecule has 0 radical (unpaired) electrons. The highest BCUT2D eigenvalue weighted by atomic mass is 32.2. The Bertz CT molecular complexity index is 392. The number of benzene rings is 1. The van der Waals surface area contributed by atoms with Gasteiger partial charge in [0.1, 0.15) is 5.88 Å². The van der Waals surface area contributed by atoms with Gasteiger partial charge in [-0.2, -0.15) is 0 Å². The molecule has 0 aliphatic heterocycles. The van der Waals surface area contributed by atoms with Crippen LogP contribution in [0.25, 0.3) is 0 Å². The molecule has 0 heterocycles. The van der Waals surface area contributed by atoms with Crippen LogP contribution in [0.1, 0.15) is 18.4 Å². The number of hydrogen-bond donors (Lipinski definition) is 3. The van der Waals surface area contributed by atoms with Gasteiger partial charge in [-0.25, -0.2) is 4.21 Å². The van der Waals surface area contributed by atoms with E-state index in [0.717, 1.165) is 11.3 Å². The third kappa shape index (κ3) is 3.63. The van der Waals surface area contributed by atoms with Gasteiger partial charge in [-0.3, -0.25) is 4.79 Å². The van der Waals surface area contributed by atoms with E-state index in [-0.39, 0.29) is 17.7 Å². The van der Waals surface area contributed by atoms with E-state index in [1.165, 1.54) is 0 Å². The summed E-state index contributed by atoms with van der Waals surface area (Å²) in [4.78, 5) is 10.9. The van der Waals surface area contributed by atoms with Crippen molar-refractivity contribution in [2.45, 2.75) is 12.8 Å². The monoisotopic (exact) mass is 242 g/mol. The molecule has 5 nitrogen and oxygen atoms in total. The lowest BCUT2D eigenvalue weighted by atomic mass is 10.0. The number of amides is 1. The lowest BCUT2D eigenvalue weighted by Gasteiger charge is -2.09. The zero-order chi connectivity index (χ0) is 12.1. The molecule has 1 rings (SSSR count). The highest BCUT2D eigenvalue weighted by Gasteiger charge is 2.10. The average Bonchev–Trinajstić information content (AvgIpc) is 2.26. The number of anilines is 1. The summed E-state index contributed by atoms with van der Waals surface area (Å²) in [5.41, 5.74) is 6.72. The number of primary amides is 1. The van der Waals surface area contributed by atoms with Crippen LogP contribution in [0.15, 0.2) is 24.3 Å². The van der Waals surface area contributed by atoms with Crippen LogP contribution in [0.5, 0.6) is 0 Å². The zero-order valence-corrected chi connectivity index (χ0v) is 9.66. The Morgan fingerprint density at radius 1 is 1.50 bits per heavy atom. The second kappa shape index (κ2) is 5.62. The predicted octanol–water partition coefficient (Wildman–Crippen LogP) is 0.866. The van der Waals surface area contributed by atoms with E-state index in [1.807, 2.05) is 0 Å². The molecular formula is C10H14N2O3S. The summed E-state index contributed by atoms with van der Waals surface area (Å²) < 4.78 is 19.0. The summed E-state index contributed by atoms with van der Waals surface area (Å²) in [5.74, 6) is -0.733. The number of hydrogen-bond acceptors (Lipinski definition) is 3. The lowest BCUT2D eigenvalue weighted by Crippen LogP contribution is -2.18. The number of carbonyl (C=O) groups is 1. The first-order valence-corrected chi connectivity index (χ1v) is 5.99. The standard InChI is InChI=1S/C10H14N2O3S/c1-7(10(11)13)8-2-4-9(5-3-8)12-6-16(14)15/h2-5,7,12H,6H2,1H3,(H2,11,13)(H,14,15). The second-order valence-corrected chi connectivity index (χ2v) is 4.32. The van der Waals surface area contributed by atoms with Gasteiger partial charge in [-0.05, 0) is 24.6 Å². The molecular weight excluding hydrogens is 228 g/mol. The number of carbonyl (C=O) groups excluding carboxylic acids is 1. The number of rotatable bonds is 5. The van der Waals surface area contributed by atoms with Crippen molar-refractivity contribution in [2.24, 2.45) is 5.73 Å². The Morgan fingerprint density at radius 3 is 2.50 bits per heavy atom. The molecule has 2 unspecified atom stereocenters. The van der Waals surface area contributed by atoms with E-state index in [2.05, 4.69) is 5.32 Å². The van der Waals surface area contributed by atoms with Crippen molar-refractivity contribution in [1.82, 2.24) is 0 Å². The van der Waals surface area contributed by atoms with E-state index in [9.17, 15) is 9.00 Å². The minimum absolute atomic E-state index is 0.0231. The van der Waals surface area contributed by atoms with Crippen molar-refractivity contribution in [3.8, 4) is 0 Å². The van der Waals surface area contributed by atoms with Gasteiger partial charge in [0.15, 0.2) is 11.1 Å². The van der Waals surface area contributed by atoms with E-state index in [1.54, 1.807) is 31.2 Å². The molecule has 0 aliphatic rings. The Balaban J connectivity index is 2.67. The minimum atomic E-state index is -1.87. The molecule has 0 aliphatic carbocycles. The van der Waals surface area contributed by atoms with Gasteiger partial charge in [0, 0.05) is 5.69 Å². The molecule has 0 saturated carbocycles. The molecule has 16 heavy (non-hydrogen) atoms. The molecule has 0 saturated heterocycles. The van der Waals surface area contributed by atoms with Crippen molar-refractivity contribution in [2.75, 3.05) is 11.2 Å². The van der Waals surface area contributed by atoms with Gasteiger partial charge in [-0.1, -0.05) is 12.1 Å². The van der Waals surface area contributed by atoms with Crippen LogP contribution in [-0.2, 0) is 15.9 Å². The summed E-state index contributed by atoms with van der Waals surface area (Å²) in [7, 11) is 0. The fourth-order valence-electron chi connectivity index (χ4n) is 1.20. The Hall–Kier alpha value is -1.40. The summed E-state index contributed by atoms with van der Waals surface area (Å²) in [5, 5.41) is 2.77. The summed E-state index contributed by atoms with van der Waals surface area (Å²) in [6.07, 6.45) is 0. The maximum absolute atomic E-state index is 10.9. The quantitative estimate of drug-likeness (QED) is 0.668. The first-order valence-electron chi connectivity index (χ1n) is 4.71. The summed E-state index contributed by atoms with van der Waals surface area (Å²) in [6.45, 7) is 1.73. The van der Waals surface area contributed by atoms with Crippen LogP contribution in [0.3, 0.4) is 0 Å². The Morgan fingerprint density at radius 2 is 2.06 bits per heavy atom. The molecule has 6 heteroatoms. The molecule has 4 N–H and O–H groups in total. The lowest BCUT2D eigenvalue weighted by molar-refractivity contribution is -0.119. The summed E-state index contributed by atoms with van der Waals surface area (Å²) in [6, 6.07) is 7.00. The van der Waals surface area contributed by atoms with Gasteiger partial charge in [0.05, 0.1) is 5.92 Å². The first-order chi connectivity index (χ1) is 7.50. The molecule has 1 aromatic carbocycles. The van der Waals surface area contributed by atoms with Gasteiger partial charge < -0.3 is 15.6 Å². The van der Waals surface area contributed by atoms with Gasteiger partial charge in [0.2, 0.25) is 5.91 Å². The maximum atomic E-state index is 10.9. The van der Waals surface area contributed by atoms with Gasteiger partial charge in [0.25, 0.3) is 0 Å². The molecule has 1 aromatic rings. The SMILES string of the molecule is CC(C(N)=O)c1ccc(NCS(=O)O)cc1. The van der Waals surface area contributed by atoms with Crippen LogP contribution in [-0.4, -0.2) is 20.5 Å². The normalized spacial score (nSPS) is 14.1. The fraction of sp³-hybridized carbons (Fsp3) is 0.300. The number of nitrogens with two attached hydrogens (primary N) is 1. The van der Waals surface area contributed by atoms with Crippen LogP contribution in [0.2, 0.25) is 0 Å². The molecule has 0 fully saturated rings. The van der Waals surface area contributed by atoms with E-state index >= 15 is 0 Å². The zero-order valence-electron chi connectivity index (χ0n) is 8.84. The fourth-order valence-corrected chi connectivity index (χ4v) is 1.49. The molecule has 0 bridgehead atoms. The van der Waals surface area contributed by atoms with Gasteiger partial charge >= 0.3 is 0 Å².